The van der Waals surface area contributed by atoms with Crippen LogP contribution in [0.25, 0.3) is 0 Å². The first-order valence-corrected chi connectivity index (χ1v) is 7.66. The van der Waals surface area contributed by atoms with Crippen molar-refractivity contribution in [2.24, 2.45) is 0 Å². The van der Waals surface area contributed by atoms with Crippen LogP contribution in [0.5, 0.6) is 0 Å². The van der Waals surface area contributed by atoms with Gasteiger partial charge < -0.3 is 14.8 Å². The molecule has 2 heterocycles. The molecule has 0 aromatic carbocycles. The van der Waals surface area contributed by atoms with Crippen LogP contribution in [0.3, 0.4) is 0 Å². The van der Waals surface area contributed by atoms with Gasteiger partial charge in [0.1, 0.15) is 0 Å². The van der Waals surface area contributed by atoms with Crippen LogP contribution in [0.1, 0.15) is 24.3 Å². The van der Waals surface area contributed by atoms with E-state index in [1.807, 2.05) is 6.92 Å². The monoisotopic (exact) mass is 299 g/mol. The second kappa shape index (κ2) is 6.16. The van der Waals surface area contributed by atoms with E-state index in [0.717, 1.165) is 12.2 Å². The maximum atomic E-state index is 12.1. The molecule has 0 amide bonds. The molecule has 0 atom stereocenters. The Bertz CT molecular complexity index is 661. The van der Waals surface area contributed by atoms with Crippen LogP contribution in [-0.4, -0.2) is 30.1 Å². The average Bonchev–Trinajstić information content (AvgIpc) is 3.03. The molecular weight excluding hydrogens is 282 g/mol. The topological polar surface area (TPSA) is 113 Å². The molecule has 20 heavy (non-hydrogen) atoms. The largest absolute Gasteiger partial charge is 0.363 e. The number of aryl methyl sites for hydroxylation is 1. The number of H-pyrrole nitrogens is 1. The normalized spacial score (nSPS) is 11.9. The van der Waals surface area contributed by atoms with Gasteiger partial charge in [-0.05, 0) is 19.5 Å². The van der Waals surface area contributed by atoms with Crippen LogP contribution in [0.4, 0.5) is 0 Å². The average molecular weight is 299 g/mol. The lowest BCUT2D eigenvalue weighted by Gasteiger charge is -2.01. The van der Waals surface area contributed by atoms with Crippen molar-refractivity contribution < 1.29 is 12.9 Å². The first kappa shape index (κ1) is 14.7. The number of hydrogen-bond acceptors (Lipinski definition) is 6. The summed E-state index contributed by atoms with van der Waals surface area (Å²) in [7, 11) is -3.59. The molecule has 9 heteroatoms. The Kier molecular flexibility index (Phi) is 4.53. The summed E-state index contributed by atoms with van der Waals surface area (Å²) in [5.41, 5.74) is 0.806. The standard InChI is InChI=1S/C11H17N5O3S/c1-3-12-5-9-4-10(6-13-9)20(17,18)14-7-11-15-8(2)16-19-11/h4,6,12-14H,3,5,7H2,1-2H3. The van der Waals surface area contributed by atoms with Crippen LogP contribution in [-0.2, 0) is 23.1 Å². The Balaban J connectivity index is 2.00. The second-order valence-corrected chi connectivity index (χ2v) is 5.97. The van der Waals surface area contributed by atoms with Crippen molar-refractivity contribution in [2.45, 2.75) is 31.8 Å². The minimum Gasteiger partial charge on any atom is -0.363 e. The van der Waals surface area contributed by atoms with Crippen molar-refractivity contribution >= 4 is 10.0 Å². The van der Waals surface area contributed by atoms with Gasteiger partial charge in [0.05, 0.1) is 11.4 Å². The zero-order chi connectivity index (χ0) is 14.6. The molecule has 0 fully saturated rings. The summed E-state index contributed by atoms with van der Waals surface area (Å²) in [6, 6.07) is 1.59. The third-order valence-corrected chi connectivity index (χ3v) is 3.96. The lowest BCUT2D eigenvalue weighted by Crippen LogP contribution is -2.23. The molecule has 0 aliphatic carbocycles. The van der Waals surface area contributed by atoms with Gasteiger partial charge in [0.25, 0.3) is 0 Å². The number of rotatable bonds is 7. The fraction of sp³-hybridized carbons (Fsp3) is 0.455. The fourth-order valence-corrected chi connectivity index (χ4v) is 2.58. The molecule has 2 aromatic heterocycles. The maximum absolute atomic E-state index is 12.1. The van der Waals surface area contributed by atoms with E-state index in [9.17, 15) is 8.42 Å². The lowest BCUT2D eigenvalue weighted by molar-refractivity contribution is 0.372. The number of aromatic amines is 1. The highest BCUT2D eigenvalue weighted by Crippen LogP contribution is 2.11. The molecule has 0 spiro atoms. The van der Waals surface area contributed by atoms with E-state index in [1.165, 1.54) is 6.20 Å². The van der Waals surface area contributed by atoms with Gasteiger partial charge in [-0.25, -0.2) is 13.1 Å². The van der Waals surface area contributed by atoms with E-state index in [0.29, 0.717) is 12.4 Å². The summed E-state index contributed by atoms with van der Waals surface area (Å²) in [5.74, 6) is 0.697. The van der Waals surface area contributed by atoms with E-state index < -0.39 is 10.0 Å². The van der Waals surface area contributed by atoms with Crippen molar-refractivity contribution in [3.63, 3.8) is 0 Å². The Hall–Kier alpha value is -1.71. The van der Waals surface area contributed by atoms with Crippen molar-refractivity contribution in [2.75, 3.05) is 6.54 Å². The van der Waals surface area contributed by atoms with Crippen LogP contribution in [0, 0.1) is 6.92 Å². The van der Waals surface area contributed by atoms with Gasteiger partial charge in [-0.15, -0.1) is 0 Å². The number of nitrogens with one attached hydrogen (secondary N) is 3. The molecule has 0 aliphatic rings. The third-order valence-electron chi connectivity index (χ3n) is 2.58. The van der Waals surface area contributed by atoms with E-state index in [2.05, 4.69) is 25.2 Å². The fourth-order valence-electron chi connectivity index (χ4n) is 1.59. The summed E-state index contributed by atoms with van der Waals surface area (Å²) < 4.78 is 31.4. The summed E-state index contributed by atoms with van der Waals surface area (Å²) in [4.78, 5) is 7.03. The van der Waals surface area contributed by atoms with E-state index >= 15 is 0 Å². The van der Waals surface area contributed by atoms with Crippen LogP contribution >= 0.6 is 0 Å². The van der Waals surface area contributed by atoms with Crippen molar-refractivity contribution in [3.8, 4) is 0 Å². The first-order chi connectivity index (χ1) is 9.51. The minimum absolute atomic E-state index is 0.0309. The molecular formula is C11H17N5O3S. The summed E-state index contributed by atoms with van der Waals surface area (Å²) in [6.45, 7) is 5.02. The summed E-state index contributed by atoms with van der Waals surface area (Å²) in [5, 5.41) is 6.70. The predicted molar refractivity (Wildman–Crippen MR) is 71.2 cm³/mol. The van der Waals surface area contributed by atoms with E-state index in [4.69, 9.17) is 4.52 Å². The highest BCUT2D eigenvalue weighted by molar-refractivity contribution is 7.89. The number of sulfonamides is 1. The Morgan fingerprint density at radius 3 is 2.85 bits per heavy atom. The second-order valence-electron chi connectivity index (χ2n) is 4.20. The van der Waals surface area contributed by atoms with Gasteiger partial charge >= 0.3 is 0 Å². The molecule has 0 radical (unpaired) electrons. The highest BCUT2D eigenvalue weighted by atomic mass is 32.2. The van der Waals surface area contributed by atoms with Gasteiger partial charge in [0, 0.05) is 18.4 Å². The number of hydrogen-bond donors (Lipinski definition) is 3. The predicted octanol–water partition coefficient (Wildman–Crippen LogP) is 0.294. The lowest BCUT2D eigenvalue weighted by atomic mass is 10.4. The molecule has 110 valence electrons. The smallest absolute Gasteiger partial charge is 0.242 e. The zero-order valence-electron chi connectivity index (χ0n) is 11.3. The van der Waals surface area contributed by atoms with Gasteiger partial charge in [-0.3, -0.25) is 0 Å². The molecule has 2 aromatic rings. The maximum Gasteiger partial charge on any atom is 0.242 e. The Morgan fingerprint density at radius 1 is 1.40 bits per heavy atom. The van der Waals surface area contributed by atoms with Gasteiger partial charge in [-0.1, -0.05) is 12.1 Å². The molecule has 3 N–H and O–H groups in total. The number of aromatic nitrogens is 3. The number of nitrogens with zero attached hydrogens (tertiary/aromatic N) is 2. The summed E-state index contributed by atoms with van der Waals surface area (Å²) >= 11 is 0. The van der Waals surface area contributed by atoms with Crippen molar-refractivity contribution in [1.82, 2.24) is 25.2 Å². The Labute approximate surface area is 117 Å². The van der Waals surface area contributed by atoms with Gasteiger partial charge in [0.2, 0.25) is 15.9 Å². The molecule has 0 aliphatic heterocycles. The molecule has 2 rings (SSSR count). The first-order valence-electron chi connectivity index (χ1n) is 6.18. The van der Waals surface area contributed by atoms with E-state index in [1.54, 1.807) is 13.0 Å². The zero-order valence-corrected chi connectivity index (χ0v) is 12.1. The van der Waals surface area contributed by atoms with E-state index in [-0.39, 0.29) is 17.3 Å². The van der Waals surface area contributed by atoms with Crippen LogP contribution < -0.4 is 10.0 Å². The van der Waals surface area contributed by atoms with Crippen LogP contribution in [0.15, 0.2) is 21.7 Å². The van der Waals surface area contributed by atoms with Crippen molar-refractivity contribution in [1.29, 1.82) is 0 Å². The van der Waals surface area contributed by atoms with Gasteiger partial charge in [-0.2, -0.15) is 4.98 Å². The minimum atomic E-state index is -3.59. The molecule has 0 unspecified atom stereocenters. The summed E-state index contributed by atoms with van der Waals surface area (Å²) in [6.07, 6.45) is 1.45. The Morgan fingerprint density at radius 2 is 2.20 bits per heavy atom. The van der Waals surface area contributed by atoms with Crippen LogP contribution in [0.2, 0.25) is 0 Å². The SMILES string of the molecule is CCNCc1cc(S(=O)(=O)NCc2nc(C)no2)c[nH]1. The molecule has 0 bridgehead atoms. The highest BCUT2D eigenvalue weighted by Gasteiger charge is 2.17. The quantitative estimate of drug-likeness (QED) is 0.677. The van der Waals surface area contributed by atoms with Gasteiger partial charge in [0.15, 0.2) is 5.82 Å². The van der Waals surface area contributed by atoms with Crippen molar-refractivity contribution in [3.05, 3.63) is 29.7 Å². The molecule has 0 saturated heterocycles. The molecule has 0 saturated carbocycles. The molecule has 8 nitrogen and oxygen atoms in total. The third kappa shape index (κ3) is 3.65.